The van der Waals surface area contributed by atoms with E-state index in [-0.39, 0.29) is 5.92 Å². The highest BCUT2D eigenvalue weighted by molar-refractivity contribution is 8.00. The van der Waals surface area contributed by atoms with Crippen LogP contribution in [0.15, 0.2) is 24.4 Å². The molecule has 1 aromatic heterocycles. The fourth-order valence-electron chi connectivity index (χ4n) is 3.60. The predicted molar refractivity (Wildman–Crippen MR) is 82.2 cm³/mol. The van der Waals surface area contributed by atoms with Gasteiger partial charge in [0.25, 0.3) is 0 Å². The van der Waals surface area contributed by atoms with Gasteiger partial charge in [0.15, 0.2) is 5.78 Å². The Bertz CT molecular complexity index is 666. The van der Waals surface area contributed by atoms with Crippen molar-refractivity contribution in [3.05, 3.63) is 30.0 Å². The summed E-state index contributed by atoms with van der Waals surface area (Å²) in [4.78, 5) is 12.8. The molecule has 0 radical (unpaired) electrons. The van der Waals surface area contributed by atoms with Crippen LogP contribution in [0.4, 0.5) is 0 Å². The van der Waals surface area contributed by atoms with E-state index in [4.69, 9.17) is 0 Å². The number of hydrogen-bond donors (Lipinski definition) is 0. The van der Waals surface area contributed by atoms with E-state index >= 15 is 0 Å². The Morgan fingerprint density at radius 2 is 2.05 bits per heavy atom. The van der Waals surface area contributed by atoms with E-state index < -0.39 is 0 Å². The molecule has 0 spiro atoms. The third-order valence-corrected chi connectivity index (χ3v) is 6.32. The van der Waals surface area contributed by atoms with Gasteiger partial charge >= 0.3 is 0 Å². The van der Waals surface area contributed by atoms with Crippen molar-refractivity contribution in [2.75, 3.05) is 0 Å². The fraction of sp³-hybridized carbons (Fsp3) is 0.500. The Balaban J connectivity index is 1.64. The third-order valence-electron chi connectivity index (χ3n) is 4.69. The second-order valence-electron chi connectivity index (χ2n) is 6.03. The molecule has 2 saturated heterocycles. The van der Waals surface area contributed by atoms with E-state index in [0.29, 0.717) is 5.78 Å². The van der Waals surface area contributed by atoms with Crippen molar-refractivity contribution in [2.24, 2.45) is 13.0 Å². The molecule has 4 rings (SSSR count). The normalized spacial score (nSPS) is 28.9. The number of thioether (sulfide) groups is 1. The van der Waals surface area contributed by atoms with Crippen molar-refractivity contribution in [3.8, 4) is 0 Å². The van der Waals surface area contributed by atoms with Crippen molar-refractivity contribution < 1.29 is 4.79 Å². The summed E-state index contributed by atoms with van der Waals surface area (Å²) in [5.74, 6) is 0.574. The van der Waals surface area contributed by atoms with Gasteiger partial charge in [0.2, 0.25) is 0 Å². The molecule has 3 heterocycles. The number of ketones is 1. The number of benzene rings is 1. The van der Waals surface area contributed by atoms with Gasteiger partial charge in [-0.3, -0.25) is 9.48 Å². The van der Waals surface area contributed by atoms with E-state index in [1.54, 1.807) is 0 Å². The summed E-state index contributed by atoms with van der Waals surface area (Å²) in [5, 5.41) is 6.80. The summed E-state index contributed by atoms with van der Waals surface area (Å²) >= 11 is 2.11. The first-order chi connectivity index (χ1) is 9.70. The number of nitrogens with zero attached hydrogens (tertiary/aromatic N) is 2. The monoisotopic (exact) mass is 286 g/mol. The van der Waals surface area contributed by atoms with Crippen LogP contribution in [0.3, 0.4) is 0 Å². The number of rotatable bonds is 2. The lowest BCUT2D eigenvalue weighted by atomic mass is 9.90. The molecule has 0 saturated carbocycles. The Hall–Kier alpha value is -1.29. The van der Waals surface area contributed by atoms with Gasteiger partial charge < -0.3 is 0 Å². The van der Waals surface area contributed by atoms with Crippen LogP contribution in [0.2, 0.25) is 0 Å². The smallest absolute Gasteiger partial charge is 0.166 e. The third kappa shape index (κ3) is 1.97. The number of hydrogen-bond acceptors (Lipinski definition) is 3. The molecule has 2 aliphatic heterocycles. The molecule has 2 aromatic rings. The second-order valence-corrected chi connectivity index (χ2v) is 7.64. The maximum atomic E-state index is 12.8. The molecule has 0 aliphatic carbocycles. The van der Waals surface area contributed by atoms with Crippen LogP contribution >= 0.6 is 11.8 Å². The van der Waals surface area contributed by atoms with Crippen LogP contribution in [0.5, 0.6) is 0 Å². The average molecular weight is 286 g/mol. The standard InChI is InChI=1S/C16H18N2OS/c1-18-15-8-10(2-3-11(15)9-17-18)16(19)12-6-13-4-5-14(7-12)20-13/h2-3,8-9,12-14H,4-7H2,1H3. The number of carbonyl (C=O) groups is 1. The van der Waals surface area contributed by atoms with Crippen LogP contribution in [-0.2, 0) is 7.05 Å². The van der Waals surface area contributed by atoms with Crippen LogP contribution in [0.25, 0.3) is 10.9 Å². The Morgan fingerprint density at radius 3 is 2.80 bits per heavy atom. The van der Waals surface area contributed by atoms with Gasteiger partial charge in [0, 0.05) is 34.4 Å². The zero-order chi connectivity index (χ0) is 13.7. The summed E-state index contributed by atoms with van der Waals surface area (Å²) < 4.78 is 1.84. The zero-order valence-electron chi connectivity index (χ0n) is 11.6. The van der Waals surface area contributed by atoms with E-state index in [0.717, 1.165) is 39.8 Å². The van der Waals surface area contributed by atoms with Crippen molar-refractivity contribution in [1.29, 1.82) is 0 Å². The highest BCUT2D eigenvalue weighted by atomic mass is 32.2. The molecule has 104 valence electrons. The summed E-state index contributed by atoms with van der Waals surface area (Å²) in [5.41, 5.74) is 1.90. The van der Waals surface area contributed by atoms with Crippen molar-refractivity contribution >= 4 is 28.4 Å². The lowest BCUT2D eigenvalue weighted by molar-refractivity contribution is 0.0907. The molecule has 3 nitrogen and oxygen atoms in total. The zero-order valence-corrected chi connectivity index (χ0v) is 12.4. The minimum Gasteiger partial charge on any atom is -0.294 e. The molecule has 20 heavy (non-hydrogen) atoms. The van der Waals surface area contributed by atoms with Gasteiger partial charge in [0.05, 0.1) is 11.7 Å². The van der Waals surface area contributed by atoms with E-state index in [1.807, 2.05) is 36.1 Å². The molecule has 2 unspecified atom stereocenters. The lowest BCUT2D eigenvalue weighted by Crippen LogP contribution is -2.24. The second kappa shape index (κ2) is 4.62. The number of aryl methyl sites for hydroxylation is 1. The number of aromatic nitrogens is 2. The summed E-state index contributed by atoms with van der Waals surface area (Å²) in [7, 11) is 1.92. The predicted octanol–water partition coefficient (Wildman–Crippen LogP) is 3.43. The Kier molecular flexibility index (Phi) is 2.88. The molecule has 2 fully saturated rings. The number of carbonyl (C=O) groups excluding carboxylic acids is 1. The molecule has 0 N–H and O–H groups in total. The average Bonchev–Trinajstić information content (AvgIpc) is 3.01. The Morgan fingerprint density at radius 1 is 1.30 bits per heavy atom. The first kappa shape index (κ1) is 12.5. The van der Waals surface area contributed by atoms with Crippen LogP contribution in [0, 0.1) is 5.92 Å². The van der Waals surface area contributed by atoms with Crippen molar-refractivity contribution in [2.45, 2.75) is 36.2 Å². The molecular formula is C16H18N2OS. The highest BCUT2D eigenvalue weighted by Crippen LogP contribution is 2.46. The summed E-state index contributed by atoms with van der Waals surface area (Å²) in [6.45, 7) is 0. The quantitative estimate of drug-likeness (QED) is 0.793. The van der Waals surface area contributed by atoms with Gasteiger partial charge in [-0.05, 0) is 31.7 Å². The topological polar surface area (TPSA) is 34.9 Å². The first-order valence-corrected chi connectivity index (χ1v) is 8.26. The summed E-state index contributed by atoms with van der Waals surface area (Å²) in [6.07, 6.45) is 6.60. The van der Waals surface area contributed by atoms with Gasteiger partial charge in [-0.1, -0.05) is 12.1 Å². The maximum Gasteiger partial charge on any atom is 0.166 e. The van der Waals surface area contributed by atoms with Crippen LogP contribution < -0.4 is 0 Å². The Labute approximate surface area is 122 Å². The van der Waals surface area contributed by atoms with Gasteiger partial charge in [-0.25, -0.2) is 0 Å². The van der Waals surface area contributed by atoms with Crippen LogP contribution in [0.1, 0.15) is 36.0 Å². The fourth-order valence-corrected chi connectivity index (χ4v) is 5.38. The first-order valence-electron chi connectivity index (χ1n) is 7.32. The van der Waals surface area contributed by atoms with Gasteiger partial charge in [0.1, 0.15) is 0 Å². The van der Waals surface area contributed by atoms with Gasteiger partial charge in [-0.15, -0.1) is 0 Å². The molecular weight excluding hydrogens is 268 g/mol. The van der Waals surface area contributed by atoms with E-state index in [2.05, 4.69) is 16.9 Å². The number of fused-ring (bicyclic) bond motifs is 3. The molecule has 1 aromatic carbocycles. The van der Waals surface area contributed by atoms with Crippen molar-refractivity contribution in [1.82, 2.24) is 9.78 Å². The SMILES string of the molecule is Cn1ncc2ccc(C(=O)C3CC4CCC(C3)S4)cc21. The minimum absolute atomic E-state index is 0.236. The largest absolute Gasteiger partial charge is 0.294 e. The summed E-state index contributed by atoms with van der Waals surface area (Å²) in [6, 6.07) is 5.99. The van der Waals surface area contributed by atoms with Crippen molar-refractivity contribution in [3.63, 3.8) is 0 Å². The van der Waals surface area contributed by atoms with E-state index in [9.17, 15) is 4.79 Å². The maximum absolute atomic E-state index is 12.8. The number of Topliss-reactive ketones (excluding diaryl/α,β-unsaturated/α-hetero) is 1. The van der Waals surface area contributed by atoms with Gasteiger partial charge in [-0.2, -0.15) is 16.9 Å². The molecule has 0 amide bonds. The van der Waals surface area contributed by atoms with Crippen LogP contribution in [-0.4, -0.2) is 26.1 Å². The molecule has 2 aliphatic rings. The molecule has 4 heteroatoms. The highest BCUT2D eigenvalue weighted by Gasteiger charge is 2.37. The minimum atomic E-state index is 0.236. The van der Waals surface area contributed by atoms with E-state index in [1.165, 1.54) is 12.8 Å². The lowest BCUT2D eigenvalue weighted by Gasteiger charge is -2.26. The molecule has 2 atom stereocenters. The molecule has 2 bridgehead atoms.